The standard InChI is InChI=1S/C13H20BrN3/c1-15-8-11-4-6-17(7-5-11)10-13-3-2-12(14)9-16-13/h2-3,9,11,15H,4-8,10H2,1H3. The van der Waals surface area contributed by atoms with Gasteiger partial charge in [-0.05, 0) is 73.5 Å². The Balaban J connectivity index is 1.79. The predicted molar refractivity (Wildman–Crippen MR) is 73.9 cm³/mol. The normalized spacial score (nSPS) is 18.5. The lowest BCUT2D eigenvalue weighted by Gasteiger charge is -2.31. The van der Waals surface area contributed by atoms with Gasteiger partial charge in [0.1, 0.15) is 0 Å². The van der Waals surface area contributed by atoms with E-state index in [-0.39, 0.29) is 0 Å². The molecule has 1 aromatic rings. The van der Waals surface area contributed by atoms with E-state index in [0.29, 0.717) is 0 Å². The highest BCUT2D eigenvalue weighted by molar-refractivity contribution is 9.10. The van der Waals surface area contributed by atoms with Crippen molar-refractivity contribution in [2.24, 2.45) is 5.92 Å². The molecule has 0 radical (unpaired) electrons. The number of hydrogen-bond acceptors (Lipinski definition) is 3. The van der Waals surface area contributed by atoms with Crippen LogP contribution >= 0.6 is 15.9 Å². The summed E-state index contributed by atoms with van der Waals surface area (Å²) in [6.45, 7) is 4.54. The molecule has 1 aliphatic heterocycles. The zero-order valence-electron chi connectivity index (χ0n) is 10.3. The summed E-state index contributed by atoms with van der Waals surface area (Å²) in [6.07, 6.45) is 4.48. The van der Waals surface area contributed by atoms with Crippen molar-refractivity contribution < 1.29 is 0 Å². The van der Waals surface area contributed by atoms with Gasteiger partial charge in [-0.3, -0.25) is 9.88 Å². The molecule has 1 N–H and O–H groups in total. The van der Waals surface area contributed by atoms with Crippen molar-refractivity contribution in [3.8, 4) is 0 Å². The Labute approximate surface area is 112 Å². The molecule has 1 saturated heterocycles. The highest BCUT2D eigenvalue weighted by Gasteiger charge is 2.18. The van der Waals surface area contributed by atoms with Crippen LogP contribution in [0.15, 0.2) is 22.8 Å². The number of rotatable bonds is 4. The molecule has 2 rings (SSSR count). The summed E-state index contributed by atoms with van der Waals surface area (Å²) in [5.74, 6) is 0.856. The molecule has 0 atom stereocenters. The van der Waals surface area contributed by atoms with Crippen LogP contribution in [0.5, 0.6) is 0 Å². The average Bonchev–Trinajstić information content (AvgIpc) is 2.35. The Hall–Kier alpha value is -0.450. The van der Waals surface area contributed by atoms with Crippen LogP contribution in [0, 0.1) is 5.92 Å². The molecule has 0 spiro atoms. The molecule has 2 heterocycles. The summed E-state index contributed by atoms with van der Waals surface area (Å²) in [7, 11) is 2.04. The smallest absolute Gasteiger partial charge is 0.0544 e. The minimum absolute atomic E-state index is 0.856. The third kappa shape index (κ3) is 4.05. The minimum Gasteiger partial charge on any atom is -0.319 e. The van der Waals surface area contributed by atoms with E-state index in [9.17, 15) is 0 Å². The van der Waals surface area contributed by atoms with Crippen LogP contribution in [0.1, 0.15) is 18.5 Å². The molecular formula is C13H20BrN3. The van der Waals surface area contributed by atoms with Crippen molar-refractivity contribution >= 4 is 15.9 Å². The maximum Gasteiger partial charge on any atom is 0.0544 e. The van der Waals surface area contributed by atoms with Gasteiger partial charge in [-0.1, -0.05) is 0 Å². The first-order valence-electron chi connectivity index (χ1n) is 6.25. The number of nitrogens with one attached hydrogen (secondary N) is 1. The molecule has 0 amide bonds. The first-order chi connectivity index (χ1) is 8.28. The molecule has 0 bridgehead atoms. The van der Waals surface area contributed by atoms with Crippen molar-refractivity contribution in [3.05, 3.63) is 28.5 Å². The van der Waals surface area contributed by atoms with Crippen LogP contribution in [0.2, 0.25) is 0 Å². The van der Waals surface area contributed by atoms with Crippen molar-refractivity contribution in [1.29, 1.82) is 0 Å². The van der Waals surface area contributed by atoms with Crippen LogP contribution < -0.4 is 5.32 Å². The van der Waals surface area contributed by atoms with E-state index in [0.717, 1.165) is 23.5 Å². The summed E-state index contributed by atoms with van der Waals surface area (Å²) < 4.78 is 1.05. The average molecular weight is 298 g/mol. The van der Waals surface area contributed by atoms with Crippen molar-refractivity contribution in [1.82, 2.24) is 15.2 Å². The molecule has 4 heteroatoms. The summed E-state index contributed by atoms with van der Waals surface area (Å²) >= 11 is 3.41. The van der Waals surface area contributed by atoms with Crippen LogP contribution in [0.25, 0.3) is 0 Å². The number of aromatic nitrogens is 1. The molecule has 1 aromatic heterocycles. The number of piperidine rings is 1. The molecule has 1 aliphatic rings. The van der Waals surface area contributed by atoms with Gasteiger partial charge in [0.05, 0.1) is 5.69 Å². The Morgan fingerprint density at radius 1 is 1.41 bits per heavy atom. The monoisotopic (exact) mass is 297 g/mol. The van der Waals surface area contributed by atoms with Crippen molar-refractivity contribution in [3.63, 3.8) is 0 Å². The van der Waals surface area contributed by atoms with Crippen LogP contribution in [-0.4, -0.2) is 36.6 Å². The second-order valence-corrected chi connectivity index (χ2v) is 5.66. The molecule has 0 saturated carbocycles. The van der Waals surface area contributed by atoms with E-state index < -0.39 is 0 Å². The van der Waals surface area contributed by atoms with Gasteiger partial charge in [0, 0.05) is 17.2 Å². The minimum atomic E-state index is 0.856. The Kier molecular flexibility index (Phi) is 4.95. The molecule has 0 unspecified atom stereocenters. The molecule has 94 valence electrons. The third-order valence-electron chi connectivity index (χ3n) is 3.37. The van der Waals surface area contributed by atoms with E-state index in [1.807, 2.05) is 13.2 Å². The second-order valence-electron chi connectivity index (χ2n) is 4.74. The molecule has 0 aliphatic carbocycles. The first-order valence-corrected chi connectivity index (χ1v) is 7.04. The fourth-order valence-electron chi connectivity index (χ4n) is 2.37. The quantitative estimate of drug-likeness (QED) is 0.924. The van der Waals surface area contributed by atoms with Gasteiger partial charge in [-0.25, -0.2) is 0 Å². The number of likely N-dealkylation sites (tertiary alicyclic amines) is 1. The van der Waals surface area contributed by atoms with Gasteiger partial charge >= 0.3 is 0 Å². The molecule has 3 nitrogen and oxygen atoms in total. The van der Waals surface area contributed by atoms with Crippen LogP contribution in [-0.2, 0) is 6.54 Å². The SMILES string of the molecule is CNCC1CCN(Cc2ccc(Br)cn2)CC1. The zero-order chi connectivity index (χ0) is 12.1. The predicted octanol–water partition coefficient (Wildman–Crippen LogP) is 2.28. The van der Waals surface area contributed by atoms with Gasteiger partial charge in [0.2, 0.25) is 0 Å². The summed E-state index contributed by atoms with van der Waals surface area (Å²) in [5.41, 5.74) is 1.17. The van der Waals surface area contributed by atoms with E-state index in [1.165, 1.54) is 31.6 Å². The largest absolute Gasteiger partial charge is 0.319 e. The molecule has 0 aromatic carbocycles. The Bertz CT molecular complexity index is 331. The number of halogens is 1. The lowest BCUT2D eigenvalue weighted by atomic mass is 9.97. The second kappa shape index (κ2) is 6.47. The van der Waals surface area contributed by atoms with E-state index >= 15 is 0 Å². The van der Waals surface area contributed by atoms with E-state index in [4.69, 9.17) is 0 Å². The topological polar surface area (TPSA) is 28.2 Å². The van der Waals surface area contributed by atoms with Crippen molar-refractivity contribution in [2.75, 3.05) is 26.7 Å². The Morgan fingerprint density at radius 3 is 2.76 bits per heavy atom. The van der Waals surface area contributed by atoms with Crippen LogP contribution in [0.3, 0.4) is 0 Å². The number of pyridine rings is 1. The third-order valence-corrected chi connectivity index (χ3v) is 3.84. The van der Waals surface area contributed by atoms with E-state index in [2.05, 4.69) is 43.3 Å². The van der Waals surface area contributed by atoms with E-state index in [1.54, 1.807) is 0 Å². The lowest BCUT2D eigenvalue weighted by Crippen LogP contribution is -2.36. The van der Waals surface area contributed by atoms with Gasteiger partial charge in [-0.15, -0.1) is 0 Å². The highest BCUT2D eigenvalue weighted by Crippen LogP contribution is 2.18. The van der Waals surface area contributed by atoms with Crippen molar-refractivity contribution in [2.45, 2.75) is 19.4 Å². The Morgan fingerprint density at radius 2 is 2.18 bits per heavy atom. The van der Waals surface area contributed by atoms with Crippen LogP contribution in [0.4, 0.5) is 0 Å². The number of hydrogen-bond donors (Lipinski definition) is 1. The fraction of sp³-hybridized carbons (Fsp3) is 0.615. The first kappa shape index (κ1) is 13.0. The molecular weight excluding hydrogens is 278 g/mol. The summed E-state index contributed by atoms with van der Waals surface area (Å²) in [4.78, 5) is 6.93. The highest BCUT2D eigenvalue weighted by atomic mass is 79.9. The molecule has 17 heavy (non-hydrogen) atoms. The fourth-order valence-corrected chi connectivity index (χ4v) is 2.60. The number of nitrogens with zero attached hydrogens (tertiary/aromatic N) is 2. The lowest BCUT2D eigenvalue weighted by molar-refractivity contribution is 0.175. The zero-order valence-corrected chi connectivity index (χ0v) is 11.9. The van der Waals surface area contributed by atoms with Gasteiger partial charge in [0.15, 0.2) is 0 Å². The van der Waals surface area contributed by atoms with Gasteiger partial charge < -0.3 is 5.32 Å². The van der Waals surface area contributed by atoms with Gasteiger partial charge in [-0.2, -0.15) is 0 Å². The summed E-state index contributed by atoms with van der Waals surface area (Å²) in [6, 6.07) is 4.17. The molecule has 1 fully saturated rings. The van der Waals surface area contributed by atoms with Gasteiger partial charge in [0.25, 0.3) is 0 Å². The summed E-state index contributed by atoms with van der Waals surface area (Å²) in [5, 5.41) is 3.27. The maximum atomic E-state index is 4.43. The maximum absolute atomic E-state index is 4.43.